The lowest BCUT2D eigenvalue weighted by molar-refractivity contribution is 0.0723. The minimum atomic E-state index is -0.0141. The van der Waals surface area contributed by atoms with Gasteiger partial charge < -0.3 is 19.9 Å². The average molecular weight is 246 g/mol. The summed E-state index contributed by atoms with van der Waals surface area (Å²) in [7, 11) is 3.25. The van der Waals surface area contributed by atoms with E-state index in [2.05, 4.69) is 0 Å². The van der Waals surface area contributed by atoms with E-state index in [1.54, 1.807) is 14.2 Å². The first kappa shape index (κ1) is 13.1. The highest BCUT2D eigenvalue weighted by Crippen LogP contribution is 2.38. The fraction of sp³-hybridized carbons (Fsp3) is 0.455. The molecule has 2 rings (SSSR count). The lowest BCUT2D eigenvalue weighted by Crippen LogP contribution is -2.11. The van der Waals surface area contributed by atoms with Crippen LogP contribution in [0.15, 0.2) is 12.1 Å². The van der Waals surface area contributed by atoms with Gasteiger partial charge in [0.1, 0.15) is 0 Å². The molecule has 0 aromatic heterocycles. The number of halogens is 1. The number of nitrogens with two attached hydrogens (primary N) is 1. The summed E-state index contributed by atoms with van der Waals surface area (Å²) in [5.41, 5.74) is 7.85. The first-order chi connectivity index (χ1) is 7.30. The van der Waals surface area contributed by atoms with Crippen molar-refractivity contribution in [2.75, 3.05) is 20.8 Å². The van der Waals surface area contributed by atoms with Gasteiger partial charge in [0.2, 0.25) is 0 Å². The van der Waals surface area contributed by atoms with Gasteiger partial charge in [-0.3, -0.25) is 0 Å². The summed E-state index contributed by atoms with van der Waals surface area (Å²) in [5, 5.41) is 0. The van der Waals surface area contributed by atoms with Crippen molar-refractivity contribution >= 4 is 12.4 Å². The van der Waals surface area contributed by atoms with E-state index >= 15 is 0 Å². The van der Waals surface area contributed by atoms with Crippen molar-refractivity contribution in [3.63, 3.8) is 0 Å². The van der Waals surface area contributed by atoms with Crippen LogP contribution >= 0.6 is 12.4 Å². The molecular weight excluding hydrogens is 230 g/mol. The molecule has 16 heavy (non-hydrogen) atoms. The zero-order valence-corrected chi connectivity index (χ0v) is 10.2. The summed E-state index contributed by atoms with van der Waals surface area (Å²) in [5.74, 6) is 1.46. The number of benzene rings is 1. The summed E-state index contributed by atoms with van der Waals surface area (Å²) in [6.45, 7) is 1.08. The second kappa shape index (κ2) is 5.39. The summed E-state index contributed by atoms with van der Waals surface area (Å²) in [6, 6.07) is 3.89. The molecule has 0 saturated carbocycles. The van der Waals surface area contributed by atoms with Gasteiger partial charge in [-0.15, -0.1) is 12.4 Å². The molecule has 0 bridgehead atoms. The molecule has 1 heterocycles. The van der Waals surface area contributed by atoms with Gasteiger partial charge in [-0.2, -0.15) is 0 Å². The lowest BCUT2D eigenvalue weighted by atomic mass is 10.0. The summed E-state index contributed by atoms with van der Waals surface area (Å²) in [4.78, 5) is 0. The van der Waals surface area contributed by atoms with E-state index in [1.165, 1.54) is 0 Å². The minimum absolute atomic E-state index is 0. The Bertz CT molecular complexity index is 370. The molecule has 5 heteroatoms. The first-order valence-electron chi connectivity index (χ1n) is 4.86. The standard InChI is InChI=1S/C11H15NO3.ClH/c1-13-9-3-7-6-15-11(5-12)8(7)4-10(9)14-2;/h3-4,11H,5-6,12H2,1-2H3;1H. The van der Waals surface area contributed by atoms with E-state index in [-0.39, 0.29) is 18.5 Å². The summed E-state index contributed by atoms with van der Waals surface area (Å²) < 4.78 is 16.0. The Kier molecular flexibility index (Phi) is 4.41. The topological polar surface area (TPSA) is 53.7 Å². The molecule has 1 unspecified atom stereocenters. The molecular formula is C11H16ClNO3. The minimum Gasteiger partial charge on any atom is -0.493 e. The Morgan fingerprint density at radius 1 is 1.31 bits per heavy atom. The Hall–Kier alpha value is -0.970. The molecule has 1 aromatic rings. The summed E-state index contributed by atoms with van der Waals surface area (Å²) in [6.07, 6.45) is -0.0141. The van der Waals surface area contributed by atoms with Gasteiger partial charge >= 0.3 is 0 Å². The van der Waals surface area contributed by atoms with Gasteiger partial charge in [0.05, 0.1) is 26.9 Å². The van der Waals surface area contributed by atoms with E-state index in [0.29, 0.717) is 13.2 Å². The van der Waals surface area contributed by atoms with Gasteiger partial charge in [-0.25, -0.2) is 0 Å². The number of methoxy groups -OCH3 is 2. The van der Waals surface area contributed by atoms with Crippen LogP contribution in [-0.4, -0.2) is 20.8 Å². The molecule has 1 aliphatic heterocycles. The zero-order chi connectivity index (χ0) is 10.8. The first-order valence-corrected chi connectivity index (χ1v) is 4.86. The van der Waals surface area contributed by atoms with Crippen LogP contribution in [0.4, 0.5) is 0 Å². The van der Waals surface area contributed by atoms with Crippen molar-refractivity contribution < 1.29 is 14.2 Å². The summed E-state index contributed by atoms with van der Waals surface area (Å²) >= 11 is 0. The third kappa shape index (κ3) is 2.09. The van der Waals surface area contributed by atoms with E-state index in [4.69, 9.17) is 19.9 Å². The Morgan fingerprint density at radius 2 is 1.94 bits per heavy atom. The van der Waals surface area contributed by atoms with Crippen LogP contribution in [0.25, 0.3) is 0 Å². The molecule has 1 aromatic carbocycles. The Morgan fingerprint density at radius 3 is 2.50 bits per heavy atom. The van der Waals surface area contributed by atoms with Crippen LogP contribution in [0.1, 0.15) is 17.2 Å². The van der Waals surface area contributed by atoms with Crippen molar-refractivity contribution in [1.29, 1.82) is 0 Å². The van der Waals surface area contributed by atoms with Crippen LogP contribution in [0.3, 0.4) is 0 Å². The largest absolute Gasteiger partial charge is 0.493 e. The maximum atomic E-state index is 5.61. The third-order valence-corrected chi connectivity index (χ3v) is 2.65. The van der Waals surface area contributed by atoms with E-state index in [9.17, 15) is 0 Å². The molecule has 0 radical (unpaired) electrons. The normalized spacial score (nSPS) is 17.6. The Balaban J connectivity index is 0.00000128. The smallest absolute Gasteiger partial charge is 0.161 e. The van der Waals surface area contributed by atoms with E-state index in [0.717, 1.165) is 22.6 Å². The molecule has 2 N–H and O–H groups in total. The van der Waals surface area contributed by atoms with E-state index < -0.39 is 0 Å². The fourth-order valence-corrected chi connectivity index (χ4v) is 1.84. The number of rotatable bonds is 3. The van der Waals surface area contributed by atoms with Crippen LogP contribution in [-0.2, 0) is 11.3 Å². The quantitative estimate of drug-likeness (QED) is 0.880. The van der Waals surface area contributed by atoms with Crippen molar-refractivity contribution in [3.8, 4) is 11.5 Å². The molecule has 1 aliphatic rings. The maximum Gasteiger partial charge on any atom is 0.161 e. The van der Waals surface area contributed by atoms with E-state index in [1.807, 2.05) is 12.1 Å². The highest BCUT2D eigenvalue weighted by Gasteiger charge is 2.24. The van der Waals surface area contributed by atoms with Gasteiger partial charge in [-0.05, 0) is 23.3 Å². The molecule has 0 aliphatic carbocycles. The van der Waals surface area contributed by atoms with Crippen molar-refractivity contribution in [3.05, 3.63) is 23.3 Å². The Labute approximate surface area is 101 Å². The zero-order valence-electron chi connectivity index (χ0n) is 9.36. The molecule has 90 valence electrons. The van der Waals surface area contributed by atoms with Crippen LogP contribution in [0.5, 0.6) is 11.5 Å². The predicted octanol–water partition coefficient (Wildman–Crippen LogP) is 1.66. The molecule has 1 atom stereocenters. The predicted molar refractivity (Wildman–Crippen MR) is 63.4 cm³/mol. The number of hydrogen-bond donors (Lipinski definition) is 1. The highest BCUT2D eigenvalue weighted by molar-refractivity contribution is 5.85. The lowest BCUT2D eigenvalue weighted by Gasteiger charge is -2.11. The monoisotopic (exact) mass is 245 g/mol. The van der Waals surface area contributed by atoms with Gasteiger partial charge in [0, 0.05) is 6.54 Å². The number of ether oxygens (including phenoxy) is 3. The molecule has 4 nitrogen and oxygen atoms in total. The average Bonchev–Trinajstić information content (AvgIpc) is 2.68. The molecule has 0 amide bonds. The number of hydrogen-bond acceptors (Lipinski definition) is 4. The third-order valence-electron chi connectivity index (χ3n) is 2.65. The van der Waals surface area contributed by atoms with Crippen molar-refractivity contribution in [1.82, 2.24) is 0 Å². The second-order valence-electron chi connectivity index (χ2n) is 3.44. The van der Waals surface area contributed by atoms with Crippen LogP contribution < -0.4 is 15.2 Å². The second-order valence-corrected chi connectivity index (χ2v) is 3.44. The number of fused-ring (bicyclic) bond motifs is 1. The maximum absolute atomic E-state index is 5.61. The van der Waals surface area contributed by atoms with Gasteiger partial charge in [-0.1, -0.05) is 0 Å². The molecule has 0 saturated heterocycles. The molecule has 0 spiro atoms. The van der Waals surface area contributed by atoms with Crippen molar-refractivity contribution in [2.45, 2.75) is 12.7 Å². The fourth-order valence-electron chi connectivity index (χ4n) is 1.84. The molecule has 0 fully saturated rings. The van der Waals surface area contributed by atoms with Gasteiger partial charge in [0.15, 0.2) is 11.5 Å². The van der Waals surface area contributed by atoms with Crippen LogP contribution in [0, 0.1) is 0 Å². The SMILES string of the molecule is COc1cc2c(cc1OC)C(CN)OC2.Cl. The van der Waals surface area contributed by atoms with Crippen LogP contribution in [0.2, 0.25) is 0 Å². The van der Waals surface area contributed by atoms with Crippen molar-refractivity contribution in [2.24, 2.45) is 5.73 Å². The highest BCUT2D eigenvalue weighted by atomic mass is 35.5. The van der Waals surface area contributed by atoms with Gasteiger partial charge in [0.25, 0.3) is 0 Å².